The minimum atomic E-state index is -0.168. The van der Waals surface area contributed by atoms with Crippen LogP contribution in [0.15, 0.2) is 24.3 Å². The van der Waals surface area contributed by atoms with E-state index in [1.807, 2.05) is 24.3 Å². The predicted molar refractivity (Wildman–Crippen MR) is 96.3 cm³/mol. The number of anilines is 3. The fraction of sp³-hybridized carbons (Fsp3) is 0.471. The van der Waals surface area contributed by atoms with Crippen molar-refractivity contribution in [2.45, 2.75) is 26.2 Å². The molecule has 3 rings (SSSR count). The van der Waals surface area contributed by atoms with E-state index in [1.54, 1.807) is 0 Å². The average molecular weight is 348 g/mol. The molecule has 24 heavy (non-hydrogen) atoms. The van der Waals surface area contributed by atoms with Crippen molar-refractivity contribution < 1.29 is 4.74 Å². The van der Waals surface area contributed by atoms with Crippen molar-refractivity contribution in [3.05, 3.63) is 35.0 Å². The van der Waals surface area contributed by atoms with E-state index in [0.29, 0.717) is 24.2 Å². The predicted octanol–water partition coefficient (Wildman–Crippen LogP) is 3.40. The number of ether oxygens (including phenoxy) is 1. The summed E-state index contributed by atoms with van der Waals surface area (Å²) in [7, 11) is 0. The lowest BCUT2D eigenvalue weighted by Crippen LogP contribution is -2.38. The quantitative estimate of drug-likeness (QED) is 0.918. The summed E-state index contributed by atoms with van der Waals surface area (Å²) in [6.45, 7) is 9.21. The topological polar surface area (TPSA) is 63.2 Å². The van der Waals surface area contributed by atoms with Crippen LogP contribution in [0, 0.1) is 0 Å². The molecule has 0 radical (unpaired) electrons. The smallest absolute Gasteiger partial charge is 0.247 e. The fourth-order valence-electron chi connectivity index (χ4n) is 2.48. The Morgan fingerprint density at radius 1 is 1.08 bits per heavy atom. The largest absolute Gasteiger partial charge is 0.378 e. The lowest BCUT2D eigenvalue weighted by molar-refractivity contribution is 0.122. The van der Waals surface area contributed by atoms with Gasteiger partial charge >= 0.3 is 0 Å². The first-order valence-electron chi connectivity index (χ1n) is 8.04. The van der Waals surface area contributed by atoms with Gasteiger partial charge in [0, 0.05) is 29.2 Å². The molecule has 0 saturated carbocycles. The molecule has 1 aromatic heterocycles. The van der Waals surface area contributed by atoms with Crippen LogP contribution in [0.3, 0.4) is 0 Å². The van der Waals surface area contributed by atoms with Crippen molar-refractivity contribution in [1.82, 2.24) is 15.2 Å². The maximum atomic E-state index is 5.96. The molecule has 0 atom stereocenters. The van der Waals surface area contributed by atoms with Crippen molar-refractivity contribution in [3.8, 4) is 0 Å². The van der Waals surface area contributed by atoms with E-state index in [-0.39, 0.29) is 5.41 Å². The van der Waals surface area contributed by atoms with Crippen molar-refractivity contribution in [1.29, 1.82) is 0 Å². The number of halogens is 1. The Morgan fingerprint density at radius 2 is 1.75 bits per heavy atom. The molecule has 1 aliphatic rings. The molecule has 1 aromatic carbocycles. The number of nitrogens with zero attached hydrogens (tertiary/aromatic N) is 4. The van der Waals surface area contributed by atoms with Gasteiger partial charge in [-0.25, -0.2) is 0 Å². The summed E-state index contributed by atoms with van der Waals surface area (Å²) >= 11 is 5.96. The van der Waals surface area contributed by atoms with Crippen LogP contribution in [0.4, 0.5) is 17.5 Å². The zero-order valence-electron chi connectivity index (χ0n) is 14.2. The van der Waals surface area contributed by atoms with Crippen LogP contribution in [0.25, 0.3) is 0 Å². The molecule has 6 nitrogen and oxygen atoms in total. The van der Waals surface area contributed by atoms with Crippen LogP contribution in [0.1, 0.15) is 26.5 Å². The number of nitrogens with one attached hydrogen (secondary N) is 1. The zero-order valence-corrected chi connectivity index (χ0v) is 15.0. The minimum absolute atomic E-state index is 0.168. The van der Waals surface area contributed by atoms with Gasteiger partial charge in [0.05, 0.1) is 13.2 Å². The van der Waals surface area contributed by atoms with Crippen LogP contribution in [-0.4, -0.2) is 41.5 Å². The Morgan fingerprint density at radius 3 is 2.38 bits per heavy atom. The summed E-state index contributed by atoms with van der Waals surface area (Å²) in [4.78, 5) is 6.83. The van der Waals surface area contributed by atoms with Gasteiger partial charge in [0.1, 0.15) is 5.69 Å². The molecule has 128 valence electrons. The van der Waals surface area contributed by atoms with E-state index in [2.05, 4.69) is 41.2 Å². The third-order valence-electron chi connectivity index (χ3n) is 3.79. The molecular weight excluding hydrogens is 326 g/mol. The highest BCUT2D eigenvalue weighted by atomic mass is 35.5. The lowest BCUT2D eigenvalue weighted by atomic mass is 9.92. The average Bonchev–Trinajstić information content (AvgIpc) is 2.57. The monoisotopic (exact) mass is 347 g/mol. The Balaban J connectivity index is 1.94. The van der Waals surface area contributed by atoms with Gasteiger partial charge in [-0.3, -0.25) is 0 Å². The van der Waals surface area contributed by atoms with Crippen LogP contribution in [-0.2, 0) is 10.2 Å². The molecule has 1 saturated heterocycles. The molecule has 1 N–H and O–H groups in total. The highest BCUT2D eigenvalue weighted by molar-refractivity contribution is 6.30. The van der Waals surface area contributed by atoms with Gasteiger partial charge in [-0.15, -0.1) is 10.2 Å². The van der Waals surface area contributed by atoms with E-state index >= 15 is 0 Å². The number of hydrogen-bond acceptors (Lipinski definition) is 6. The molecular formula is C17H22ClN5O. The number of morpholine rings is 1. The summed E-state index contributed by atoms with van der Waals surface area (Å²) < 4.78 is 5.39. The van der Waals surface area contributed by atoms with E-state index in [9.17, 15) is 0 Å². The van der Waals surface area contributed by atoms with E-state index in [4.69, 9.17) is 21.3 Å². The van der Waals surface area contributed by atoms with Gasteiger partial charge < -0.3 is 15.0 Å². The standard InChI is InChI=1S/C17H22ClN5O/c1-17(2,3)14-15(19-13-6-4-12(18)5-7-13)20-16(22-21-14)23-8-10-24-11-9-23/h4-7H,8-11H2,1-3H3,(H,19,20,22). The van der Waals surface area contributed by atoms with E-state index in [1.165, 1.54) is 0 Å². The number of rotatable bonds is 3. The normalized spacial score (nSPS) is 15.4. The van der Waals surface area contributed by atoms with Crippen molar-refractivity contribution >= 4 is 29.1 Å². The molecule has 2 heterocycles. The van der Waals surface area contributed by atoms with Crippen molar-refractivity contribution in [2.75, 3.05) is 36.5 Å². The first-order valence-corrected chi connectivity index (χ1v) is 8.42. The van der Waals surface area contributed by atoms with E-state index < -0.39 is 0 Å². The number of hydrogen-bond donors (Lipinski definition) is 1. The second-order valence-corrected chi connectivity index (χ2v) is 7.23. The van der Waals surface area contributed by atoms with Crippen LogP contribution >= 0.6 is 11.6 Å². The van der Waals surface area contributed by atoms with Crippen molar-refractivity contribution in [3.63, 3.8) is 0 Å². The van der Waals surface area contributed by atoms with Gasteiger partial charge in [-0.1, -0.05) is 32.4 Å². The Kier molecular flexibility index (Phi) is 4.87. The molecule has 0 spiro atoms. The zero-order chi connectivity index (χ0) is 17.2. The fourth-order valence-corrected chi connectivity index (χ4v) is 2.60. The Hall–Kier alpha value is -1.92. The second-order valence-electron chi connectivity index (χ2n) is 6.79. The highest BCUT2D eigenvalue weighted by Gasteiger charge is 2.24. The van der Waals surface area contributed by atoms with Crippen LogP contribution in [0.5, 0.6) is 0 Å². The van der Waals surface area contributed by atoms with Gasteiger partial charge in [0.2, 0.25) is 5.95 Å². The first kappa shape index (κ1) is 16.9. The van der Waals surface area contributed by atoms with Crippen LogP contribution in [0.2, 0.25) is 5.02 Å². The minimum Gasteiger partial charge on any atom is -0.378 e. The first-order chi connectivity index (χ1) is 11.4. The summed E-state index contributed by atoms with van der Waals surface area (Å²) in [6, 6.07) is 7.53. The third-order valence-corrected chi connectivity index (χ3v) is 4.04. The SMILES string of the molecule is CC(C)(C)c1nnc(N2CCOCC2)nc1Nc1ccc(Cl)cc1. The van der Waals surface area contributed by atoms with E-state index in [0.717, 1.165) is 30.3 Å². The Bertz CT molecular complexity index is 693. The van der Waals surface area contributed by atoms with Gasteiger partial charge in [0.25, 0.3) is 0 Å². The molecule has 0 unspecified atom stereocenters. The number of benzene rings is 1. The number of aromatic nitrogens is 3. The molecule has 0 bridgehead atoms. The summed E-state index contributed by atoms with van der Waals surface area (Å²) in [5, 5.41) is 12.8. The van der Waals surface area contributed by atoms with Crippen LogP contribution < -0.4 is 10.2 Å². The maximum Gasteiger partial charge on any atom is 0.247 e. The molecule has 2 aromatic rings. The summed E-state index contributed by atoms with van der Waals surface area (Å²) in [5.41, 5.74) is 1.57. The van der Waals surface area contributed by atoms with Gasteiger partial charge in [-0.2, -0.15) is 4.98 Å². The second kappa shape index (κ2) is 6.91. The van der Waals surface area contributed by atoms with Gasteiger partial charge in [-0.05, 0) is 24.3 Å². The maximum absolute atomic E-state index is 5.96. The molecule has 0 amide bonds. The van der Waals surface area contributed by atoms with Gasteiger partial charge in [0.15, 0.2) is 5.82 Å². The highest BCUT2D eigenvalue weighted by Crippen LogP contribution is 2.29. The summed E-state index contributed by atoms with van der Waals surface area (Å²) in [5.74, 6) is 1.35. The third kappa shape index (κ3) is 3.94. The molecule has 7 heteroatoms. The summed E-state index contributed by atoms with van der Waals surface area (Å²) in [6.07, 6.45) is 0. The lowest BCUT2D eigenvalue weighted by Gasteiger charge is -2.28. The molecule has 1 fully saturated rings. The molecule has 1 aliphatic heterocycles. The molecule has 0 aliphatic carbocycles. The van der Waals surface area contributed by atoms with Crippen molar-refractivity contribution in [2.24, 2.45) is 0 Å². The Labute approximate surface area is 147 Å².